The number of amides is 1. The van der Waals surface area contributed by atoms with Crippen molar-refractivity contribution >= 4 is 17.4 Å². The lowest BCUT2D eigenvalue weighted by atomic mass is 9.95. The Bertz CT molecular complexity index is 978. The van der Waals surface area contributed by atoms with Gasteiger partial charge < -0.3 is 24.2 Å². The van der Waals surface area contributed by atoms with E-state index in [9.17, 15) is 14.7 Å². The van der Waals surface area contributed by atoms with Gasteiger partial charge in [0.05, 0.1) is 25.3 Å². The summed E-state index contributed by atoms with van der Waals surface area (Å²) in [6.07, 6.45) is 1.64. The van der Waals surface area contributed by atoms with E-state index in [1.54, 1.807) is 61.7 Å². The highest BCUT2D eigenvalue weighted by Crippen LogP contribution is 2.39. The quantitative estimate of drug-likeness (QED) is 0.288. The number of carbonyl (C=O) groups is 2. The molecule has 3 rings (SSSR count). The van der Waals surface area contributed by atoms with Crippen LogP contribution >= 0.6 is 0 Å². The maximum atomic E-state index is 12.9. The molecule has 0 aromatic heterocycles. The van der Waals surface area contributed by atoms with Crippen LogP contribution in [0.3, 0.4) is 0 Å². The highest BCUT2D eigenvalue weighted by atomic mass is 16.5. The molecule has 162 valence electrons. The predicted octanol–water partition coefficient (Wildman–Crippen LogP) is 3.33. The highest BCUT2D eigenvalue weighted by molar-refractivity contribution is 6.46. The Morgan fingerprint density at radius 1 is 1.06 bits per heavy atom. The van der Waals surface area contributed by atoms with Gasteiger partial charge >= 0.3 is 0 Å². The van der Waals surface area contributed by atoms with Crippen LogP contribution in [-0.2, 0) is 14.3 Å². The molecule has 0 aliphatic carbocycles. The van der Waals surface area contributed by atoms with E-state index < -0.39 is 17.7 Å². The summed E-state index contributed by atoms with van der Waals surface area (Å²) in [5, 5.41) is 11.0. The summed E-state index contributed by atoms with van der Waals surface area (Å²) >= 11 is 0. The predicted molar refractivity (Wildman–Crippen MR) is 116 cm³/mol. The lowest BCUT2D eigenvalue weighted by Gasteiger charge is -2.25. The van der Waals surface area contributed by atoms with Gasteiger partial charge in [-0.05, 0) is 42.0 Å². The van der Waals surface area contributed by atoms with Crippen LogP contribution in [0.25, 0.3) is 5.76 Å². The van der Waals surface area contributed by atoms with Gasteiger partial charge in [0, 0.05) is 19.2 Å². The largest absolute Gasteiger partial charge is 0.507 e. The zero-order chi connectivity index (χ0) is 22.4. The smallest absolute Gasteiger partial charge is 0.295 e. The number of nitrogens with zero attached hydrogens (tertiary/aromatic N) is 1. The monoisotopic (exact) mass is 423 g/mol. The van der Waals surface area contributed by atoms with Crippen molar-refractivity contribution in [3.05, 3.63) is 77.9 Å². The van der Waals surface area contributed by atoms with Crippen LogP contribution in [0.1, 0.15) is 17.2 Å². The van der Waals surface area contributed by atoms with Gasteiger partial charge in [0.1, 0.15) is 23.9 Å². The van der Waals surface area contributed by atoms with E-state index in [0.717, 1.165) is 0 Å². The van der Waals surface area contributed by atoms with Crippen molar-refractivity contribution in [3.8, 4) is 11.5 Å². The van der Waals surface area contributed by atoms with Crippen LogP contribution in [-0.4, -0.2) is 55.7 Å². The Morgan fingerprint density at radius 2 is 1.71 bits per heavy atom. The Labute approximate surface area is 181 Å². The summed E-state index contributed by atoms with van der Waals surface area (Å²) in [6.45, 7) is 4.45. The number of benzene rings is 2. The Kier molecular flexibility index (Phi) is 7.10. The molecule has 2 aromatic carbocycles. The lowest BCUT2D eigenvalue weighted by Crippen LogP contribution is -2.32. The van der Waals surface area contributed by atoms with Crippen molar-refractivity contribution in [2.75, 3.05) is 34.0 Å². The second kappa shape index (κ2) is 9.95. The Hall–Kier alpha value is -3.58. The fourth-order valence-corrected chi connectivity index (χ4v) is 3.45. The molecule has 0 spiro atoms. The molecule has 0 saturated carbocycles. The third-order valence-corrected chi connectivity index (χ3v) is 5.00. The molecule has 0 radical (unpaired) electrons. The first-order chi connectivity index (χ1) is 15.0. The van der Waals surface area contributed by atoms with E-state index in [-0.39, 0.29) is 24.5 Å². The lowest BCUT2D eigenvalue weighted by molar-refractivity contribution is -0.140. The van der Waals surface area contributed by atoms with Crippen molar-refractivity contribution in [2.45, 2.75) is 6.04 Å². The van der Waals surface area contributed by atoms with Gasteiger partial charge in [0.15, 0.2) is 0 Å². The zero-order valence-electron chi connectivity index (χ0n) is 17.5. The molecule has 0 unspecified atom stereocenters. The van der Waals surface area contributed by atoms with Crippen molar-refractivity contribution in [2.24, 2.45) is 0 Å². The van der Waals surface area contributed by atoms with Gasteiger partial charge in [0.2, 0.25) is 0 Å². The fourth-order valence-electron chi connectivity index (χ4n) is 3.45. The molecule has 1 heterocycles. The van der Waals surface area contributed by atoms with Gasteiger partial charge in [-0.15, -0.1) is 0 Å². The molecule has 0 bridgehead atoms. The summed E-state index contributed by atoms with van der Waals surface area (Å²) < 4.78 is 15.8. The minimum Gasteiger partial charge on any atom is -0.507 e. The van der Waals surface area contributed by atoms with Crippen LogP contribution < -0.4 is 9.47 Å². The number of aliphatic hydroxyl groups is 1. The van der Waals surface area contributed by atoms with Crippen molar-refractivity contribution in [3.63, 3.8) is 0 Å². The molecule has 1 aliphatic heterocycles. The highest BCUT2D eigenvalue weighted by Gasteiger charge is 2.45. The third kappa shape index (κ3) is 4.62. The zero-order valence-corrected chi connectivity index (χ0v) is 17.5. The molecule has 1 saturated heterocycles. The van der Waals surface area contributed by atoms with E-state index in [0.29, 0.717) is 29.2 Å². The average Bonchev–Trinajstić information content (AvgIpc) is 3.06. The first-order valence-corrected chi connectivity index (χ1v) is 9.77. The number of methoxy groups -OCH3 is 2. The van der Waals surface area contributed by atoms with Gasteiger partial charge in [-0.1, -0.05) is 24.8 Å². The van der Waals surface area contributed by atoms with Crippen LogP contribution in [0.5, 0.6) is 11.5 Å². The summed E-state index contributed by atoms with van der Waals surface area (Å²) in [5.74, 6) is -0.403. The normalized spacial score (nSPS) is 17.6. The number of rotatable bonds is 9. The van der Waals surface area contributed by atoms with E-state index in [2.05, 4.69) is 6.58 Å². The molecule has 2 aromatic rings. The standard InChI is InChI=1S/C24H25NO6/c1-4-14-31-19-11-5-16(6-12-19)21-20(23(27)24(28)25(21)13-15-29-2)22(26)17-7-9-18(30-3)10-8-17/h4-12,21,26H,1,13-15H2,2-3H3/t21-/m0/s1. The number of likely N-dealkylation sites (tertiary alicyclic amines) is 1. The van der Waals surface area contributed by atoms with Crippen molar-refractivity contribution in [1.82, 2.24) is 4.90 Å². The number of Topliss-reactive ketones (excluding diaryl/α,β-unsaturated/α-hetero) is 1. The Morgan fingerprint density at radius 3 is 2.29 bits per heavy atom. The Balaban J connectivity index is 2.06. The van der Waals surface area contributed by atoms with Crippen LogP contribution in [0.15, 0.2) is 66.8 Å². The molecule has 1 amide bonds. The summed E-state index contributed by atoms with van der Waals surface area (Å²) in [5.41, 5.74) is 1.13. The average molecular weight is 423 g/mol. The maximum Gasteiger partial charge on any atom is 0.295 e. The second-order valence-electron chi connectivity index (χ2n) is 6.88. The third-order valence-electron chi connectivity index (χ3n) is 5.00. The molecule has 1 N–H and O–H groups in total. The summed E-state index contributed by atoms with van der Waals surface area (Å²) in [7, 11) is 3.06. The molecule has 7 nitrogen and oxygen atoms in total. The minimum atomic E-state index is -0.745. The van der Waals surface area contributed by atoms with Crippen molar-refractivity contribution < 1.29 is 28.9 Å². The first kappa shape index (κ1) is 22.1. The number of ether oxygens (including phenoxy) is 3. The van der Waals surface area contributed by atoms with Gasteiger partial charge in [-0.2, -0.15) is 0 Å². The first-order valence-electron chi connectivity index (χ1n) is 9.77. The van der Waals surface area contributed by atoms with Gasteiger partial charge in [-0.25, -0.2) is 0 Å². The molecule has 31 heavy (non-hydrogen) atoms. The number of aliphatic hydroxyl groups excluding tert-OH is 1. The summed E-state index contributed by atoms with van der Waals surface area (Å²) in [6, 6.07) is 12.9. The van der Waals surface area contributed by atoms with Crippen LogP contribution in [0.4, 0.5) is 0 Å². The molecular formula is C24H25NO6. The second-order valence-corrected chi connectivity index (χ2v) is 6.88. The fraction of sp³-hybridized carbons (Fsp3) is 0.250. The maximum absolute atomic E-state index is 12.9. The minimum absolute atomic E-state index is 0.0334. The SMILES string of the molecule is C=CCOc1ccc([C@H]2C(=C(O)c3ccc(OC)cc3)C(=O)C(=O)N2CCOC)cc1. The number of ketones is 1. The molecular weight excluding hydrogens is 398 g/mol. The van der Waals surface area contributed by atoms with Gasteiger partial charge in [0.25, 0.3) is 11.7 Å². The number of hydrogen-bond acceptors (Lipinski definition) is 6. The van der Waals surface area contributed by atoms with Crippen molar-refractivity contribution in [1.29, 1.82) is 0 Å². The summed E-state index contributed by atoms with van der Waals surface area (Å²) in [4.78, 5) is 27.1. The van der Waals surface area contributed by atoms with E-state index in [4.69, 9.17) is 14.2 Å². The van der Waals surface area contributed by atoms with Gasteiger partial charge in [-0.3, -0.25) is 9.59 Å². The molecule has 1 atom stereocenters. The van der Waals surface area contributed by atoms with E-state index in [1.807, 2.05) is 0 Å². The van der Waals surface area contributed by atoms with Crippen LogP contribution in [0.2, 0.25) is 0 Å². The molecule has 1 fully saturated rings. The van der Waals surface area contributed by atoms with E-state index >= 15 is 0 Å². The number of carbonyl (C=O) groups excluding carboxylic acids is 2. The molecule has 7 heteroatoms. The van der Waals surface area contributed by atoms with E-state index in [1.165, 1.54) is 12.0 Å². The number of hydrogen-bond donors (Lipinski definition) is 1. The van der Waals surface area contributed by atoms with Crippen LogP contribution in [0, 0.1) is 0 Å². The molecule has 1 aliphatic rings. The topological polar surface area (TPSA) is 85.3 Å².